The van der Waals surface area contributed by atoms with Gasteiger partial charge in [0.1, 0.15) is 5.71 Å². The van der Waals surface area contributed by atoms with Crippen molar-refractivity contribution in [3.63, 3.8) is 0 Å². The van der Waals surface area contributed by atoms with Crippen LogP contribution in [-0.2, 0) is 20.0 Å². The SMILES string of the molecule is O=S(=O)(NC1CCC(O)CC1)c1ccc2c(c1)/C(=N/O)c1cc(S(=O)(=O)NC3CC4CCC3C4)ccc1-2. The number of hydrogen-bond acceptors (Lipinski definition) is 7. The molecule has 2 aromatic carbocycles. The van der Waals surface area contributed by atoms with E-state index in [2.05, 4.69) is 14.6 Å². The third-order valence-corrected chi connectivity index (χ3v) is 11.6. The van der Waals surface area contributed by atoms with Crippen molar-refractivity contribution in [3.05, 3.63) is 47.5 Å². The minimum atomic E-state index is -3.84. The van der Waals surface area contributed by atoms with Gasteiger partial charge in [-0.1, -0.05) is 23.7 Å². The second-order valence-corrected chi connectivity index (χ2v) is 14.3. The number of fused-ring (bicyclic) bond motifs is 5. The van der Waals surface area contributed by atoms with Crippen LogP contribution in [0, 0.1) is 11.8 Å². The van der Waals surface area contributed by atoms with E-state index in [1.165, 1.54) is 24.6 Å². The molecule has 3 fully saturated rings. The Morgan fingerprint density at radius 3 is 1.84 bits per heavy atom. The zero-order valence-electron chi connectivity index (χ0n) is 20.3. The second-order valence-electron chi connectivity index (χ2n) is 10.9. The zero-order chi connectivity index (χ0) is 25.9. The Labute approximate surface area is 217 Å². The van der Waals surface area contributed by atoms with Gasteiger partial charge in [-0.3, -0.25) is 0 Å². The predicted octanol–water partition coefficient (Wildman–Crippen LogP) is 2.94. The maximum absolute atomic E-state index is 13.2. The lowest BCUT2D eigenvalue weighted by Crippen LogP contribution is -2.38. The largest absolute Gasteiger partial charge is 0.410 e. The minimum absolute atomic E-state index is 0.0390. The smallest absolute Gasteiger partial charge is 0.240 e. The van der Waals surface area contributed by atoms with E-state index in [1.807, 2.05) is 0 Å². The molecule has 3 unspecified atom stereocenters. The lowest BCUT2D eigenvalue weighted by molar-refractivity contribution is 0.120. The van der Waals surface area contributed by atoms with Gasteiger partial charge in [0.05, 0.1) is 15.9 Å². The molecule has 0 aromatic heterocycles. The highest BCUT2D eigenvalue weighted by molar-refractivity contribution is 7.89. The summed E-state index contributed by atoms with van der Waals surface area (Å²) in [7, 11) is -7.61. The fourth-order valence-electron chi connectivity index (χ4n) is 6.63. The summed E-state index contributed by atoms with van der Waals surface area (Å²) in [4.78, 5) is 0.133. The summed E-state index contributed by atoms with van der Waals surface area (Å²) in [6, 6.07) is 9.06. The molecule has 4 aliphatic rings. The maximum atomic E-state index is 13.2. The predicted molar refractivity (Wildman–Crippen MR) is 137 cm³/mol. The molecule has 9 nitrogen and oxygen atoms in total. The molecule has 4 N–H and O–H groups in total. The molecule has 0 aliphatic heterocycles. The van der Waals surface area contributed by atoms with Gasteiger partial charge in [-0.25, -0.2) is 26.3 Å². The first kappa shape index (κ1) is 25.0. The summed E-state index contributed by atoms with van der Waals surface area (Å²) >= 11 is 0. The number of aliphatic hydroxyl groups is 1. The van der Waals surface area contributed by atoms with Gasteiger partial charge in [0, 0.05) is 23.2 Å². The molecule has 0 radical (unpaired) electrons. The lowest BCUT2D eigenvalue weighted by Gasteiger charge is -2.26. The number of rotatable bonds is 6. The van der Waals surface area contributed by atoms with Crippen LogP contribution >= 0.6 is 0 Å². The van der Waals surface area contributed by atoms with Crippen LogP contribution in [0.4, 0.5) is 0 Å². The van der Waals surface area contributed by atoms with Crippen LogP contribution in [0.1, 0.15) is 62.5 Å². The normalized spacial score (nSPS) is 30.0. The van der Waals surface area contributed by atoms with Crippen LogP contribution < -0.4 is 9.44 Å². The number of oxime groups is 1. The van der Waals surface area contributed by atoms with Crippen LogP contribution in [0.5, 0.6) is 0 Å². The summed E-state index contributed by atoms with van der Waals surface area (Å²) in [5.74, 6) is 0.991. The Balaban J connectivity index is 1.27. The molecular formula is C26H31N3O6S2. The maximum Gasteiger partial charge on any atom is 0.240 e. The first-order valence-electron chi connectivity index (χ1n) is 12.9. The van der Waals surface area contributed by atoms with Crippen molar-refractivity contribution < 1.29 is 27.1 Å². The number of nitrogens with zero attached hydrogens (tertiary/aromatic N) is 1. The molecule has 11 heteroatoms. The third kappa shape index (κ3) is 4.50. The molecule has 4 aliphatic carbocycles. The number of hydrogen-bond donors (Lipinski definition) is 4. The van der Waals surface area contributed by atoms with Gasteiger partial charge >= 0.3 is 0 Å². The van der Waals surface area contributed by atoms with E-state index in [0.717, 1.165) is 19.3 Å². The number of aliphatic hydroxyl groups excluding tert-OH is 1. The number of sulfonamides is 2. The summed E-state index contributed by atoms with van der Waals surface area (Å²) in [5, 5.41) is 23.0. The number of benzene rings is 2. The fraction of sp³-hybridized carbons (Fsp3) is 0.500. The van der Waals surface area contributed by atoms with E-state index < -0.39 is 20.0 Å². The average molecular weight is 546 g/mol. The second kappa shape index (κ2) is 9.16. The van der Waals surface area contributed by atoms with E-state index in [9.17, 15) is 27.1 Å². The Morgan fingerprint density at radius 1 is 0.730 bits per heavy atom. The van der Waals surface area contributed by atoms with E-state index >= 15 is 0 Å². The Kier molecular flexibility index (Phi) is 6.19. The molecule has 2 aromatic rings. The molecule has 37 heavy (non-hydrogen) atoms. The molecular weight excluding hydrogens is 514 g/mol. The lowest BCUT2D eigenvalue weighted by atomic mass is 9.94. The molecule has 198 valence electrons. The van der Waals surface area contributed by atoms with Crippen molar-refractivity contribution in [2.24, 2.45) is 17.0 Å². The summed E-state index contributed by atoms with van der Waals surface area (Å²) in [6.45, 7) is 0. The molecule has 6 rings (SSSR count). The van der Waals surface area contributed by atoms with Crippen molar-refractivity contribution in [2.45, 2.75) is 79.3 Å². The van der Waals surface area contributed by atoms with Gasteiger partial charge in [-0.15, -0.1) is 0 Å². The Bertz CT molecular complexity index is 1480. The first-order valence-corrected chi connectivity index (χ1v) is 15.9. The van der Waals surface area contributed by atoms with Gasteiger partial charge in [-0.05, 0) is 92.2 Å². The molecule has 0 heterocycles. The van der Waals surface area contributed by atoms with E-state index in [-0.39, 0.29) is 33.7 Å². The van der Waals surface area contributed by atoms with E-state index in [1.54, 1.807) is 18.2 Å². The van der Waals surface area contributed by atoms with Crippen LogP contribution in [0.25, 0.3) is 11.1 Å². The third-order valence-electron chi connectivity index (χ3n) is 8.57. The standard InChI is InChI=1S/C26H31N3O6S2/c30-18-5-3-17(4-6-18)28-36(32,33)19-7-9-21-22-10-8-20(14-24(22)26(27-31)23(21)13-19)37(34,35)29-25-12-15-1-2-16(25)11-15/h7-10,13-18,25,28-31H,1-6,11-12H2/b27-26-. The van der Waals surface area contributed by atoms with E-state index in [0.29, 0.717) is 59.8 Å². The van der Waals surface area contributed by atoms with Crippen LogP contribution in [0.3, 0.4) is 0 Å². The molecule has 3 atom stereocenters. The van der Waals surface area contributed by atoms with Crippen molar-refractivity contribution in [3.8, 4) is 11.1 Å². The molecule has 0 amide bonds. The first-order chi connectivity index (χ1) is 17.6. The highest BCUT2D eigenvalue weighted by Crippen LogP contribution is 2.45. The highest BCUT2D eigenvalue weighted by atomic mass is 32.2. The minimum Gasteiger partial charge on any atom is -0.410 e. The van der Waals surface area contributed by atoms with Crippen molar-refractivity contribution in [1.82, 2.24) is 9.44 Å². The van der Waals surface area contributed by atoms with E-state index in [4.69, 9.17) is 0 Å². The van der Waals surface area contributed by atoms with Gasteiger partial charge in [0.2, 0.25) is 20.0 Å². The topological polar surface area (TPSA) is 145 Å². The zero-order valence-corrected chi connectivity index (χ0v) is 21.9. The van der Waals surface area contributed by atoms with Crippen molar-refractivity contribution in [1.29, 1.82) is 0 Å². The van der Waals surface area contributed by atoms with Crippen LogP contribution in [-0.4, -0.2) is 51.0 Å². The average Bonchev–Trinajstić information content (AvgIpc) is 3.57. The van der Waals surface area contributed by atoms with Crippen LogP contribution in [0.2, 0.25) is 0 Å². The van der Waals surface area contributed by atoms with Crippen molar-refractivity contribution in [2.75, 3.05) is 0 Å². The monoisotopic (exact) mass is 545 g/mol. The Morgan fingerprint density at radius 2 is 1.32 bits per heavy atom. The van der Waals surface area contributed by atoms with Crippen molar-refractivity contribution >= 4 is 25.8 Å². The Hall–Kier alpha value is -2.31. The molecule has 0 spiro atoms. The van der Waals surface area contributed by atoms with Gasteiger partial charge in [-0.2, -0.15) is 0 Å². The quantitative estimate of drug-likeness (QED) is 0.277. The van der Waals surface area contributed by atoms with Gasteiger partial charge in [0.25, 0.3) is 0 Å². The number of nitrogens with one attached hydrogen (secondary N) is 2. The molecule has 3 saturated carbocycles. The summed E-state index contributed by atoms with van der Waals surface area (Å²) < 4.78 is 58.2. The van der Waals surface area contributed by atoms with Crippen LogP contribution in [0.15, 0.2) is 51.3 Å². The summed E-state index contributed by atoms with van der Waals surface area (Å²) in [6.07, 6.45) is 6.02. The van der Waals surface area contributed by atoms with Gasteiger partial charge < -0.3 is 10.3 Å². The fourth-order valence-corrected chi connectivity index (χ4v) is 9.31. The molecule has 2 bridgehead atoms. The van der Waals surface area contributed by atoms with Gasteiger partial charge in [0.15, 0.2) is 0 Å². The molecule has 0 saturated heterocycles. The summed E-state index contributed by atoms with van der Waals surface area (Å²) in [5.41, 5.74) is 2.36. The highest BCUT2D eigenvalue weighted by Gasteiger charge is 2.41.